The van der Waals surface area contributed by atoms with Crippen LogP contribution in [0.5, 0.6) is 0 Å². The van der Waals surface area contributed by atoms with Gasteiger partial charge in [-0.2, -0.15) is 0 Å². The Morgan fingerprint density at radius 3 is 2.76 bits per heavy atom. The van der Waals surface area contributed by atoms with Crippen LogP contribution in [0.4, 0.5) is 0 Å². The van der Waals surface area contributed by atoms with Gasteiger partial charge in [-0.25, -0.2) is 0 Å². The van der Waals surface area contributed by atoms with Crippen LogP contribution in [0.3, 0.4) is 0 Å². The first kappa shape index (κ1) is 12.4. The maximum Gasteiger partial charge on any atom is 0.134 e. The van der Waals surface area contributed by atoms with Crippen molar-refractivity contribution in [2.75, 3.05) is 0 Å². The summed E-state index contributed by atoms with van der Waals surface area (Å²) >= 11 is 1.68. The largest absolute Gasteiger partial charge is 0.464 e. The zero-order valence-electron chi connectivity index (χ0n) is 10.1. The van der Waals surface area contributed by atoms with E-state index in [-0.39, 0.29) is 12.1 Å². The quantitative estimate of drug-likeness (QED) is 0.887. The van der Waals surface area contributed by atoms with E-state index in [9.17, 15) is 0 Å². The molecule has 0 aliphatic rings. The molecule has 2 heterocycles. The molecule has 2 aromatic rings. The zero-order chi connectivity index (χ0) is 12.3. The average Bonchev–Trinajstić information content (AvgIpc) is 2.90. The molecule has 0 fully saturated rings. The van der Waals surface area contributed by atoms with Crippen molar-refractivity contribution in [3.8, 4) is 0 Å². The van der Waals surface area contributed by atoms with Crippen molar-refractivity contribution in [1.82, 2.24) is 0 Å². The average molecular weight is 251 g/mol. The first-order chi connectivity index (χ1) is 8.16. The molecule has 0 radical (unpaired) electrons. The molecular weight excluding hydrogens is 234 g/mol. The number of aryl methyl sites for hydroxylation is 1. The van der Waals surface area contributed by atoms with Crippen LogP contribution in [-0.4, -0.2) is 6.04 Å². The molecule has 0 aliphatic heterocycles. The first-order valence-electron chi connectivity index (χ1n) is 5.62. The van der Waals surface area contributed by atoms with E-state index in [1.54, 1.807) is 11.3 Å². The van der Waals surface area contributed by atoms with E-state index in [2.05, 4.69) is 6.07 Å². The Morgan fingerprint density at radius 2 is 2.24 bits per heavy atom. The van der Waals surface area contributed by atoms with Crippen LogP contribution in [-0.2, 0) is 11.3 Å². The minimum absolute atomic E-state index is 0.0967. The van der Waals surface area contributed by atoms with E-state index in [4.69, 9.17) is 14.9 Å². The van der Waals surface area contributed by atoms with Crippen molar-refractivity contribution < 1.29 is 9.15 Å². The maximum absolute atomic E-state index is 5.94. The molecule has 0 saturated heterocycles. The number of ether oxygens (including phenoxy) is 1. The summed E-state index contributed by atoms with van der Waals surface area (Å²) in [6, 6.07) is 7.83. The first-order valence-corrected chi connectivity index (χ1v) is 6.50. The SMILES string of the molecule is Cc1ccc(C(OCc2cccs2)C(C)N)o1. The van der Waals surface area contributed by atoms with Crippen LogP contribution < -0.4 is 5.73 Å². The second kappa shape index (κ2) is 5.49. The summed E-state index contributed by atoms with van der Waals surface area (Å²) in [5.74, 6) is 1.68. The minimum Gasteiger partial charge on any atom is -0.464 e. The summed E-state index contributed by atoms with van der Waals surface area (Å²) in [6.45, 7) is 4.42. The molecule has 92 valence electrons. The summed E-state index contributed by atoms with van der Waals surface area (Å²) in [4.78, 5) is 1.19. The highest BCUT2D eigenvalue weighted by atomic mass is 32.1. The summed E-state index contributed by atoms with van der Waals surface area (Å²) in [5.41, 5.74) is 5.94. The monoisotopic (exact) mass is 251 g/mol. The molecule has 2 aromatic heterocycles. The molecular formula is C13H17NO2S. The molecule has 0 saturated carbocycles. The van der Waals surface area contributed by atoms with Crippen molar-refractivity contribution in [2.45, 2.75) is 32.6 Å². The highest BCUT2D eigenvalue weighted by molar-refractivity contribution is 7.09. The number of rotatable bonds is 5. The minimum atomic E-state index is -0.189. The van der Waals surface area contributed by atoms with Crippen LogP contribution >= 0.6 is 11.3 Å². The molecule has 0 bridgehead atoms. The lowest BCUT2D eigenvalue weighted by molar-refractivity contribution is 0.0129. The summed E-state index contributed by atoms with van der Waals surface area (Å²) in [7, 11) is 0. The van der Waals surface area contributed by atoms with E-state index >= 15 is 0 Å². The molecule has 2 rings (SSSR count). The van der Waals surface area contributed by atoms with Gasteiger partial charge in [-0.15, -0.1) is 11.3 Å². The lowest BCUT2D eigenvalue weighted by Gasteiger charge is -2.18. The van der Waals surface area contributed by atoms with Gasteiger partial charge >= 0.3 is 0 Å². The molecule has 0 spiro atoms. The van der Waals surface area contributed by atoms with Gasteiger partial charge in [-0.05, 0) is 37.4 Å². The predicted molar refractivity (Wildman–Crippen MR) is 68.9 cm³/mol. The van der Waals surface area contributed by atoms with Crippen molar-refractivity contribution in [1.29, 1.82) is 0 Å². The van der Waals surface area contributed by atoms with Crippen molar-refractivity contribution >= 4 is 11.3 Å². The molecule has 2 unspecified atom stereocenters. The Morgan fingerprint density at radius 1 is 1.41 bits per heavy atom. The molecule has 17 heavy (non-hydrogen) atoms. The molecule has 4 heteroatoms. The third-order valence-electron chi connectivity index (χ3n) is 2.50. The number of nitrogens with two attached hydrogens (primary N) is 1. The van der Waals surface area contributed by atoms with Gasteiger partial charge in [0.05, 0.1) is 6.61 Å². The highest BCUT2D eigenvalue weighted by Crippen LogP contribution is 2.24. The van der Waals surface area contributed by atoms with Crippen LogP contribution in [0.1, 0.15) is 29.4 Å². The Labute approximate surface area is 105 Å². The summed E-state index contributed by atoms with van der Waals surface area (Å²) in [5, 5.41) is 2.04. The van der Waals surface area contributed by atoms with Crippen molar-refractivity contribution in [3.63, 3.8) is 0 Å². The van der Waals surface area contributed by atoms with Gasteiger partial charge < -0.3 is 14.9 Å². The highest BCUT2D eigenvalue weighted by Gasteiger charge is 2.20. The fourth-order valence-corrected chi connectivity index (χ4v) is 2.29. The molecule has 2 atom stereocenters. The standard InChI is InChI=1S/C13H17NO2S/c1-9-5-6-12(16-9)13(10(2)14)15-8-11-4-3-7-17-11/h3-7,10,13H,8,14H2,1-2H3. The van der Waals surface area contributed by atoms with Gasteiger partial charge in [0.15, 0.2) is 0 Å². The predicted octanol–water partition coefficient (Wildman–Crippen LogP) is 3.25. The Bertz CT molecular complexity index is 448. The molecule has 0 amide bonds. The normalized spacial score (nSPS) is 14.8. The Kier molecular flexibility index (Phi) is 3.99. The lowest BCUT2D eigenvalue weighted by atomic mass is 10.1. The number of hydrogen-bond acceptors (Lipinski definition) is 4. The van der Waals surface area contributed by atoms with E-state index in [1.165, 1.54) is 4.88 Å². The molecule has 0 aliphatic carbocycles. The van der Waals surface area contributed by atoms with E-state index < -0.39 is 0 Å². The fourth-order valence-electron chi connectivity index (χ4n) is 1.67. The third-order valence-corrected chi connectivity index (χ3v) is 3.35. The number of furan rings is 1. The smallest absolute Gasteiger partial charge is 0.134 e. The fraction of sp³-hybridized carbons (Fsp3) is 0.385. The maximum atomic E-state index is 5.94. The summed E-state index contributed by atoms with van der Waals surface area (Å²) < 4.78 is 11.4. The third kappa shape index (κ3) is 3.19. The van der Waals surface area contributed by atoms with Crippen LogP contribution in [0, 0.1) is 6.92 Å². The summed E-state index contributed by atoms with van der Waals surface area (Å²) in [6.07, 6.45) is -0.189. The Hall–Kier alpha value is -1.10. The van der Waals surface area contributed by atoms with E-state index in [1.807, 2.05) is 37.4 Å². The van der Waals surface area contributed by atoms with E-state index in [0.29, 0.717) is 6.61 Å². The van der Waals surface area contributed by atoms with Gasteiger partial charge in [-0.3, -0.25) is 0 Å². The van der Waals surface area contributed by atoms with E-state index in [0.717, 1.165) is 11.5 Å². The van der Waals surface area contributed by atoms with Crippen LogP contribution in [0.25, 0.3) is 0 Å². The topological polar surface area (TPSA) is 48.4 Å². The van der Waals surface area contributed by atoms with Crippen molar-refractivity contribution in [2.24, 2.45) is 5.73 Å². The number of thiophene rings is 1. The van der Waals surface area contributed by atoms with Gasteiger partial charge in [0.2, 0.25) is 0 Å². The molecule has 0 aromatic carbocycles. The lowest BCUT2D eigenvalue weighted by Crippen LogP contribution is -2.26. The second-order valence-corrected chi connectivity index (χ2v) is 5.15. The van der Waals surface area contributed by atoms with Gasteiger partial charge in [0, 0.05) is 10.9 Å². The van der Waals surface area contributed by atoms with Crippen LogP contribution in [0.15, 0.2) is 34.1 Å². The van der Waals surface area contributed by atoms with Crippen molar-refractivity contribution in [3.05, 3.63) is 46.0 Å². The van der Waals surface area contributed by atoms with Gasteiger partial charge in [0.25, 0.3) is 0 Å². The van der Waals surface area contributed by atoms with Gasteiger partial charge in [0.1, 0.15) is 17.6 Å². The Balaban J connectivity index is 2.03. The molecule has 3 nitrogen and oxygen atoms in total. The number of hydrogen-bond donors (Lipinski definition) is 1. The van der Waals surface area contributed by atoms with Crippen LogP contribution in [0.2, 0.25) is 0 Å². The zero-order valence-corrected chi connectivity index (χ0v) is 10.9. The van der Waals surface area contributed by atoms with Gasteiger partial charge in [-0.1, -0.05) is 6.07 Å². The second-order valence-electron chi connectivity index (χ2n) is 4.12. The molecule has 2 N–H and O–H groups in total.